The van der Waals surface area contributed by atoms with Crippen LogP contribution in [0, 0.1) is 5.92 Å². The first-order chi connectivity index (χ1) is 18.1. The van der Waals surface area contributed by atoms with E-state index in [1.165, 1.54) is 17.5 Å². The van der Waals surface area contributed by atoms with Crippen LogP contribution >= 0.6 is 11.3 Å². The summed E-state index contributed by atoms with van der Waals surface area (Å²) in [5.41, 5.74) is 2.36. The molecule has 4 aromatic rings. The number of nitrogens with zero attached hydrogens (tertiary/aromatic N) is 2. The summed E-state index contributed by atoms with van der Waals surface area (Å²) >= 11 is 1.35. The Hall–Kier alpha value is -4.36. The summed E-state index contributed by atoms with van der Waals surface area (Å²) < 4.78 is 0. The molecule has 0 aliphatic carbocycles. The van der Waals surface area contributed by atoms with Gasteiger partial charge in [-0.2, -0.15) is 0 Å². The quantitative estimate of drug-likeness (QED) is 0.391. The summed E-state index contributed by atoms with van der Waals surface area (Å²) in [6, 6.07) is 21.0. The van der Waals surface area contributed by atoms with Crippen LogP contribution in [-0.4, -0.2) is 33.4 Å². The molecule has 5 heterocycles. The number of carbonyl (C=O) groups excluding carboxylic acids is 3. The number of hydrogen-bond donors (Lipinski definition) is 1. The number of rotatable bonds is 4. The van der Waals surface area contributed by atoms with Gasteiger partial charge in [0.1, 0.15) is 11.5 Å². The van der Waals surface area contributed by atoms with Crippen molar-refractivity contribution in [2.45, 2.75) is 17.5 Å². The second-order valence-corrected chi connectivity index (χ2v) is 10.5. The number of aromatic nitrogens is 1. The molecule has 1 N–H and O–H groups in total. The first kappa shape index (κ1) is 21.9. The lowest BCUT2D eigenvalue weighted by molar-refractivity contribution is -0.122. The molecule has 37 heavy (non-hydrogen) atoms. The Morgan fingerprint density at radius 1 is 0.946 bits per heavy atom. The minimum absolute atomic E-state index is 0.166. The van der Waals surface area contributed by atoms with E-state index in [0.29, 0.717) is 16.1 Å². The van der Waals surface area contributed by atoms with Gasteiger partial charge < -0.3 is 10.2 Å². The molecule has 6 nitrogen and oxygen atoms in total. The fourth-order valence-electron chi connectivity index (χ4n) is 6.42. The average molecular weight is 504 g/mol. The van der Waals surface area contributed by atoms with Crippen molar-refractivity contribution in [3.05, 3.63) is 124 Å². The maximum absolute atomic E-state index is 14.5. The molecule has 1 fully saturated rings. The van der Waals surface area contributed by atoms with Gasteiger partial charge in [-0.3, -0.25) is 19.4 Å². The Morgan fingerprint density at radius 2 is 1.78 bits per heavy atom. The molecule has 3 aliphatic rings. The highest BCUT2D eigenvalue weighted by Crippen LogP contribution is 2.62. The van der Waals surface area contributed by atoms with Crippen molar-refractivity contribution in [2.24, 2.45) is 5.92 Å². The van der Waals surface area contributed by atoms with Gasteiger partial charge in [0.25, 0.3) is 0 Å². The number of ketones is 2. The molecule has 1 spiro atoms. The number of hydrogen-bond acceptors (Lipinski definition) is 6. The Labute approximate surface area is 217 Å². The second-order valence-electron chi connectivity index (χ2n) is 9.53. The van der Waals surface area contributed by atoms with Gasteiger partial charge in [-0.05, 0) is 52.4 Å². The van der Waals surface area contributed by atoms with E-state index >= 15 is 0 Å². The topological polar surface area (TPSA) is 79.4 Å². The fourth-order valence-corrected chi connectivity index (χ4v) is 7.12. The molecule has 0 saturated carbocycles. The number of Topliss-reactive ketones (excluding diaryl/α,β-unsaturated/α-hetero) is 2. The van der Waals surface area contributed by atoms with E-state index in [0.717, 1.165) is 16.7 Å². The van der Waals surface area contributed by atoms with E-state index < -0.39 is 23.4 Å². The minimum Gasteiger partial charge on any atom is -0.358 e. The van der Waals surface area contributed by atoms with Crippen molar-refractivity contribution in [2.75, 3.05) is 5.32 Å². The number of para-hydroxylation sites is 1. The van der Waals surface area contributed by atoms with Gasteiger partial charge in [-0.1, -0.05) is 48.5 Å². The molecule has 0 bridgehead atoms. The van der Waals surface area contributed by atoms with Crippen molar-refractivity contribution in [3.8, 4) is 0 Å². The summed E-state index contributed by atoms with van der Waals surface area (Å²) in [6.45, 7) is 0. The van der Waals surface area contributed by atoms with Crippen LogP contribution in [0.3, 0.4) is 0 Å². The summed E-state index contributed by atoms with van der Waals surface area (Å²) in [5.74, 6) is -1.68. The monoisotopic (exact) mass is 503 g/mol. The second kappa shape index (κ2) is 8.08. The SMILES string of the molecule is O=C(c1cccs1)C1C(C(=O)c2cccnc2)C2(C(=O)Nc3ccccc32)C2c3ccccc3C=CN12. The van der Waals surface area contributed by atoms with Gasteiger partial charge in [-0.15, -0.1) is 11.3 Å². The van der Waals surface area contributed by atoms with Gasteiger partial charge in [0, 0.05) is 29.8 Å². The molecular formula is C30H21N3O3S. The van der Waals surface area contributed by atoms with Crippen LogP contribution < -0.4 is 5.32 Å². The fraction of sp³-hybridized carbons (Fsp3) is 0.133. The Balaban J connectivity index is 1.56. The lowest BCUT2D eigenvalue weighted by atomic mass is 9.63. The van der Waals surface area contributed by atoms with Crippen LogP contribution in [-0.2, 0) is 10.2 Å². The maximum Gasteiger partial charge on any atom is 0.238 e. The van der Waals surface area contributed by atoms with E-state index in [9.17, 15) is 14.4 Å². The van der Waals surface area contributed by atoms with Gasteiger partial charge in [0.05, 0.1) is 16.8 Å². The predicted molar refractivity (Wildman–Crippen MR) is 141 cm³/mol. The van der Waals surface area contributed by atoms with E-state index in [-0.39, 0.29) is 17.5 Å². The minimum atomic E-state index is -1.32. The molecule has 4 atom stereocenters. The highest BCUT2D eigenvalue weighted by molar-refractivity contribution is 7.12. The van der Waals surface area contributed by atoms with Crippen LogP contribution in [0.1, 0.15) is 42.8 Å². The molecule has 1 saturated heterocycles. The number of pyridine rings is 1. The Morgan fingerprint density at radius 3 is 2.59 bits per heavy atom. The number of thiophene rings is 1. The molecule has 7 rings (SSSR count). The summed E-state index contributed by atoms with van der Waals surface area (Å²) in [7, 11) is 0. The first-order valence-corrected chi connectivity index (χ1v) is 13.0. The predicted octanol–water partition coefficient (Wildman–Crippen LogP) is 5.12. The molecular weight excluding hydrogens is 482 g/mol. The van der Waals surface area contributed by atoms with Gasteiger partial charge in [0.15, 0.2) is 11.6 Å². The maximum atomic E-state index is 14.5. The standard InChI is InChI=1S/C30H21N3O3S/c34-26(19-8-5-14-31-17-19)24-25(27(35)23-12-6-16-37-23)33-15-13-18-7-1-2-9-20(18)28(33)30(24)21-10-3-4-11-22(21)32-29(30)36/h1-17,24-25,28H,(H,32,36). The van der Waals surface area contributed by atoms with Crippen molar-refractivity contribution in [1.29, 1.82) is 0 Å². The largest absolute Gasteiger partial charge is 0.358 e. The molecule has 4 unspecified atom stereocenters. The summed E-state index contributed by atoms with van der Waals surface area (Å²) in [6.07, 6.45) is 6.97. The summed E-state index contributed by atoms with van der Waals surface area (Å²) in [4.78, 5) is 49.7. The smallest absolute Gasteiger partial charge is 0.238 e. The van der Waals surface area contributed by atoms with E-state index in [1.807, 2.05) is 77.2 Å². The molecule has 7 heteroatoms. The van der Waals surface area contributed by atoms with Crippen LogP contribution in [0.25, 0.3) is 6.08 Å². The van der Waals surface area contributed by atoms with E-state index in [1.54, 1.807) is 24.4 Å². The molecule has 0 radical (unpaired) electrons. The third-order valence-corrected chi connectivity index (χ3v) is 8.72. The van der Waals surface area contributed by atoms with Crippen molar-refractivity contribution in [1.82, 2.24) is 9.88 Å². The molecule has 1 amide bonds. The normalized spacial score (nSPS) is 24.9. The Kier molecular flexibility index (Phi) is 4.78. The summed E-state index contributed by atoms with van der Waals surface area (Å²) in [5, 5.41) is 4.91. The van der Waals surface area contributed by atoms with Crippen molar-refractivity contribution >= 4 is 40.6 Å². The van der Waals surface area contributed by atoms with Crippen molar-refractivity contribution in [3.63, 3.8) is 0 Å². The third-order valence-electron chi connectivity index (χ3n) is 7.83. The number of nitrogens with one attached hydrogen (secondary N) is 1. The molecule has 3 aliphatic heterocycles. The lowest BCUT2D eigenvalue weighted by Crippen LogP contribution is -2.49. The number of benzene rings is 2. The van der Waals surface area contributed by atoms with Crippen LogP contribution in [0.5, 0.6) is 0 Å². The number of anilines is 1. The van der Waals surface area contributed by atoms with Gasteiger partial charge >= 0.3 is 0 Å². The first-order valence-electron chi connectivity index (χ1n) is 12.1. The van der Waals surface area contributed by atoms with Gasteiger partial charge in [-0.25, -0.2) is 0 Å². The number of carbonyl (C=O) groups is 3. The zero-order valence-corrected chi connectivity index (χ0v) is 20.4. The van der Waals surface area contributed by atoms with E-state index in [4.69, 9.17) is 0 Å². The van der Waals surface area contributed by atoms with Crippen LogP contribution in [0.4, 0.5) is 5.69 Å². The number of fused-ring (bicyclic) bond motifs is 6. The molecule has 2 aromatic heterocycles. The highest BCUT2D eigenvalue weighted by atomic mass is 32.1. The van der Waals surface area contributed by atoms with E-state index in [2.05, 4.69) is 10.3 Å². The molecule has 2 aromatic carbocycles. The lowest BCUT2D eigenvalue weighted by Gasteiger charge is -2.38. The van der Waals surface area contributed by atoms with Crippen LogP contribution in [0.2, 0.25) is 0 Å². The average Bonchev–Trinajstić information content (AvgIpc) is 3.65. The molecule has 180 valence electrons. The van der Waals surface area contributed by atoms with Crippen LogP contribution in [0.15, 0.2) is 96.8 Å². The zero-order chi connectivity index (χ0) is 25.1. The third kappa shape index (κ3) is 2.92. The van der Waals surface area contributed by atoms with Crippen molar-refractivity contribution < 1.29 is 14.4 Å². The zero-order valence-electron chi connectivity index (χ0n) is 19.6. The van der Waals surface area contributed by atoms with Gasteiger partial charge in [0.2, 0.25) is 5.91 Å². The Bertz CT molecular complexity index is 1600. The number of amides is 1. The highest BCUT2D eigenvalue weighted by Gasteiger charge is 2.70.